The van der Waals surface area contributed by atoms with E-state index in [1.807, 2.05) is 13.8 Å². The second kappa shape index (κ2) is 10.00. The number of rotatable bonds is 5. The lowest BCUT2D eigenvalue weighted by Gasteiger charge is -2.10. The molecule has 2 N–H and O–H groups in total. The van der Waals surface area contributed by atoms with E-state index in [2.05, 4.69) is 5.32 Å². The summed E-state index contributed by atoms with van der Waals surface area (Å²) in [6.07, 6.45) is 0. The fraction of sp³-hybridized carbons (Fsp3) is 0.150. The molecule has 1 amide bonds. The number of nitro groups is 1. The van der Waals surface area contributed by atoms with E-state index in [0.717, 1.165) is 6.07 Å². The number of nitrogens with zero attached hydrogens (tertiary/aromatic N) is 1. The Bertz CT molecular complexity index is 1080. The molecule has 3 rings (SSSR count). The predicted molar refractivity (Wildman–Crippen MR) is 115 cm³/mol. The summed E-state index contributed by atoms with van der Waals surface area (Å²) < 4.78 is 10.4. The number of benzene rings is 2. The van der Waals surface area contributed by atoms with Crippen molar-refractivity contribution < 1.29 is 24.0 Å². The Morgan fingerprint density at radius 2 is 1.83 bits per heavy atom. The van der Waals surface area contributed by atoms with Gasteiger partial charge in [-0.2, -0.15) is 0 Å². The minimum absolute atomic E-state index is 0.0209. The number of methoxy groups -OCH3 is 1. The minimum Gasteiger partial charge on any atom is -0.507 e. The van der Waals surface area contributed by atoms with Gasteiger partial charge in [-0.05, 0) is 24.3 Å². The maximum Gasteiger partial charge on any atom is 0.284 e. The molecule has 0 aliphatic heterocycles. The van der Waals surface area contributed by atoms with Crippen LogP contribution in [0.5, 0.6) is 11.7 Å². The second-order valence-electron chi connectivity index (χ2n) is 5.55. The molecular formula is C20H18Cl2N2O6. The molecule has 0 atom stereocenters. The van der Waals surface area contributed by atoms with Crippen molar-refractivity contribution in [3.63, 3.8) is 0 Å². The van der Waals surface area contributed by atoms with Crippen molar-refractivity contribution in [1.29, 1.82) is 0 Å². The molecule has 1 aromatic heterocycles. The fourth-order valence-corrected chi connectivity index (χ4v) is 2.89. The van der Waals surface area contributed by atoms with Gasteiger partial charge in [0.15, 0.2) is 0 Å². The van der Waals surface area contributed by atoms with Crippen LogP contribution < -0.4 is 10.1 Å². The summed E-state index contributed by atoms with van der Waals surface area (Å²) in [4.78, 5) is 22.6. The summed E-state index contributed by atoms with van der Waals surface area (Å²) in [7, 11) is 1.44. The van der Waals surface area contributed by atoms with E-state index in [1.54, 1.807) is 12.1 Å². The molecule has 158 valence electrons. The molecule has 0 saturated heterocycles. The van der Waals surface area contributed by atoms with Crippen molar-refractivity contribution >= 4 is 40.5 Å². The predicted octanol–water partition coefficient (Wildman–Crippen LogP) is 6.15. The molecule has 8 nitrogen and oxygen atoms in total. The molecule has 0 fully saturated rings. The molecule has 0 unspecified atom stereocenters. The number of hydrogen-bond acceptors (Lipinski definition) is 6. The average molecular weight is 453 g/mol. The number of nitrogens with one attached hydrogen (secondary N) is 1. The molecule has 10 heteroatoms. The number of non-ortho nitro benzene ring substituents is 1. The van der Waals surface area contributed by atoms with Gasteiger partial charge in [-0.15, -0.1) is 0 Å². The third-order valence-electron chi connectivity index (χ3n) is 3.79. The molecule has 0 aliphatic carbocycles. The van der Waals surface area contributed by atoms with Crippen LogP contribution in [0.4, 0.5) is 11.4 Å². The summed E-state index contributed by atoms with van der Waals surface area (Å²) in [5.74, 6) is -0.424. The number of furan rings is 1. The number of phenols is 1. The Balaban J connectivity index is 0.00000155. The number of amides is 1. The van der Waals surface area contributed by atoms with Crippen LogP contribution in [0.25, 0.3) is 11.3 Å². The number of aromatic hydroxyl groups is 1. The van der Waals surface area contributed by atoms with Crippen molar-refractivity contribution in [3.05, 3.63) is 68.2 Å². The van der Waals surface area contributed by atoms with Gasteiger partial charge >= 0.3 is 0 Å². The summed E-state index contributed by atoms with van der Waals surface area (Å²) in [6, 6.07) is 9.35. The Hall–Kier alpha value is -3.23. The standard InChI is InChI=1S/C18H12Cl2N2O6.C2H6/c1-27-17-5-4-16(28-17)10-8-15(23)11(7-12(10)19)18(24)21-14-3-2-9(22(25)26)6-13(14)20;1-2/h2-8,23H,1H3,(H,21,24);1-2H3. The smallest absolute Gasteiger partial charge is 0.284 e. The number of anilines is 1. The Morgan fingerprint density at radius 3 is 2.40 bits per heavy atom. The summed E-state index contributed by atoms with van der Waals surface area (Å²) in [5.41, 5.74) is 0.189. The monoisotopic (exact) mass is 452 g/mol. The number of ether oxygens (including phenoxy) is 1. The fourth-order valence-electron chi connectivity index (χ4n) is 2.42. The van der Waals surface area contributed by atoms with E-state index in [0.29, 0.717) is 11.3 Å². The van der Waals surface area contributed by atoms with Gasteiger partial charge in [-0.1, -0.05) is 37.0 Å². The second-order valence-corrected chi connectivity index (χ2v) is 6.36. The first-order chi connectivity index (χ1) is 14.3. The van der Waals surface area contributed by atoms with Crippen molar-refractivity contribution in [2.24, 2.45) is 0 Å². The minimum atomic E-state index is -0.696. The molecule has 2 aromatic carbocycles. The van der Waals surface area contributed by atoms with Crippen molar-refractivity contribution in [1.82, 2.24) is 0 Å². The topological polar surface area (TPSA) is 115 Å². The number of phenolic OH excluding ortho intramolecular Hbond substituents is 1. The van der Waals surface area contributed by atoms with Gasteiger partial charge in [0.1, 0.15) is 11.5 Å². The van der Waals surface area contributed by atoms with Gasteiger partial charge < -0.3 is 19.6 Å². The maximum absolute atomic E-state index is 12.5. The van der Waals surface area contributed by atoms with Gasteiger partial charge in [-0.25, -0.2) is 0 Å². The van der Waals surface area contributed by atoms with E-state index in [1.165, 1.54) is 31.4 Å². The highest BCUT2D eigenvalue weighted by Crippen LogP contribution is 2.36. The molecule has 0 spiro atoms. The summed E-state index contributed by atoms with van der Waals surface area (Å²) in [6.45, 7) is 4.00. The van der Waals surface area contributed by atoms with Crippen LogP contribution in [0.3, 0.4) is 0 Å². The Morgan fingerprint density at radius 1 is 1.13 bits per heavy atom. The first-order valence-corrected chi connectivity index (χ1v) is 9.47. The zero-order chi connectivity index (χ0) is 22.4. The molecule has 0 aliphatic rings. The van der Waals surface area contributed by atoms with Gasteiger partial charge in [0.25, 0.3) is 17.5 Å². The van der Waals surface area contributed by atoms with Crippen LogP contribution >= 0.6 is 23.2 Å². The van der Waals surface area contributed by atoms with Crippen molar-refractivity contribution in [3.8, 4) is 23.0 Å². The normalized spacial score (nSPS) is 10.0. The quantitative estimate of drug-likeness (QED) is 0.354. The third-order valence-corrected chi connectivity index (χ3v) is 4.42. The molecule has 0 radical (unpaired) electrons. The summed E-state index contributed by atoms with van der Waals surface area (Å²) >= 11 is 12.2. The van der Waals surface area contributed by atoms with Gasteiger partial charge in [0, 0.05) is 23.8 Å². The molecule has 30 heavy (non-hydrogen) atoms. The average Bonchev–Trinajstić information content (AvgIpc) is 3.21. The third kappa shape index (κ3) is 5.03. The SMILES string of the molecule is CC.COc1ccc(-c2cc(O)c(C(=O)Nc3ccc([N+](=O)[O-])cc3Cl)cc2Cl)o1. The zero-order valence-electron chi connectivity index (χ0n) is 16.2. The van der Waals surface area contributed by atoms with E-state index in [9.17, 15) is 20.0 Å². The van der Waals surface area contributed by atoms with E-state index < -0.39 is 10.8 Å². The van der Waals surface area contributed by atoms with E-state index in [-0.39, 0.29) is 38.7 Å². The van der Waals surface area contributed by atoms with Crippen molar-refractivity contribution in [2.75, 3.05) is 12.4 Å². The van der Waals surface area contributed by atoms with E-state index in [4.69, 9.17) is 32.4 Å². The number of carbonyl (C=O) groups is 1. The highest BCUT2D eigenvalue weighted by Gasteiger charge is 2.19. The number of halogens is 2. The van der Waals surface area contributed by atoms with Gasteiger partial charge in [-0.3, -0.25) is 14.9 Å². The Labute approximate surface area is 182 Å². The van der Waals surface area contributed by atoms with Crippen molar-refractivity contribution in [2.45, 2.75) is 13.8 Å². The molecule has 1 heterocycles. The summed E-state index contributed by atoms with van der Waals surface area (Å²) in [5, 5.41) is 23.6. The largest absolute Gasteiger partial charge is 0.507 e. The lowest BCUT2D eigenvalue weighted by atomic mass is 10.1. The van der Waals surface area contributed by atoms with Gasteiger partial charge in [0.2, 0.25) is 0 Å². The number of nitro benzene ring substituents is 1. The van der Waals surface area contributed by atoms with Crippen LogP contribution in [-0.2, 0) is 0 Å². The number of carbonyl (C=O) groups excluding carboxylic acids is 1. The molecule has 0 bridgehead atoms. The van der Waals surface area contributed by atoms with Crippen LogP contribution in [0.2, 0.25) is 10.0 Å². The molecule has 3 aromatic rings. The highest BCUT2D eigenvalue weighted by atomic mass is 35.5. The van der Waals surface area contributed by atoms with Crippen LogP contribution in [0.15, 0.2) is 46.9 Å². The van der Waals surface area contributed by atoms with Crippen LogP contribution in [-0.4, -0.2) is 23.0 Å². The molecular weight excluding hydrogens is 435 g/mol. The lowest BCUT2D eigenvalue weighted by molar-refractivity contribution is -0.384. The maximum atomic E-state index is 12.5. The lowest BCUT2D eigenvalue weighted by Crippen LogP contribution is -2.12. The Kier molecular flexibility index (Phi) is 7.68. The van der Waals surface area contributed by atoms with Crippen LogP contribution in [0, 0.1) is 10.1 Å². The first-order valence-electron chi connectivity index (χ1n) is 8.72. The van der Waals surface area contributed by atoms with Gasteiger partial charge in [0.05, 0.1) is 33.3 Å². The number of hydrogen-bond donors (Lipinski definition) is 2. The van der Waals surface area contributed by atoms with Crippen LogP contribution in [0.1, 0.15) is 24.2 Å². The first kappa shape index (κ1) is 23.1. The molecule has 0 saturated carbocycles. The highest BCUT2D eigenvalue weighted by molar-refractivity contribution is 6.35. The zero-order valence-corrected chi connectivity index (χ0v) is 17.7. The van der Waals surface area contributed by atoms with E-state index >= 15 is 0 Å².